The average molecular weight is 477 g/mol. The Balaban J connectivity index is 1.66. The third-order valence-electron chi connectivity index (χ3n) is 5.28. The highest BCUT2D eigenvalue weighted by atomic mass is 32.1. The zero-order valence-corrected chi connectivity index (χ0v) is 19.0. The van der Waals surface area contributed by atoms with Gasteiger partial charge in [-0.2, -0.15) is 0 Å². The number of ether oxygens (including phenoxy) is 1. The van der Waals surface area contributed by atoms with Crippen molar-refractivity contribution >= 4 is 46.6 Å². The molecule has 1 fully saturated rings. The molecule has 1 N–H and O–H groups in total. The van der Waals surface area contributed by atoms with Crippen LogP contribution >= 0.6 is 12.2 Å². The Labute approximate surface area is 199 Å². The van der Waals surface area contributed by atoms with Crippen LogP contribution in [0.2, 0.25) is 0 Å². The number of nitrogens with one attached hydrogen (secondary N) is 1. The number of anilines is 1. The zero-order valence-electron chi connectivity index (χ0n) is 18.2. The number of rotatable bonds is 6. The Kier molecular flexibility index (Phi) is 6.24. The van der Waals surface area contributed by atoms with Gasteiger partial charge in [-0.15, -0.1) is 0 Å². The van der Waals surface area contributed by atoms with Gasteiger partial charge >= 0.3 is 0 Å². The molecule has 3 aromatic rings. The van der Waals surface area contributed by atoms with Crippen molar-refractivity contribution < 1.29 is 23.7 Å². The molecule has 2 heterocycles. The molecular weight excluding hydrogens is 458 g/mol. The molecule has 0 radical (unpaired) electrons. The summed E-state index contributed by atoms with van der Waals surface area (Å²) in [7, 11) is 1.39. The van der Waals surface area contributed by atoms with E-state index in [1.807, 2.05) is 19.1 Å². The van der Waals surface area contributed by atoms with Gasteiger partial charge in [0.1, 0.15) is 22.8 Å². The Morgan fingerprint density at radius 2 is 1.88 bits per heavy atom. The minimum Gasteiger partial charge on any atom is -0.496 e. The molecule has 1 aliphatic heterocycles. The number of non-ortho nitro benzene ring substituents is 1. The second-order valence-electron chi connectivity index (χ2n) is 7.32. The quantitative estimate of drug-likeness (QED) is 0.185. The van der Waals surface area contributed by atoms with Gasteiger partial charge in [0.15, 0.2) is 5.11 Å². The number of hydrogen-bond donors (Lipinski definition) is 1. The highest BCUT2D eigenvalue weighted by Gasteiger charge is 2.34. The van der Waals surface area contributed by atoms with Crippen molar-refractivity contribution in [3.05, 3.63) is 81.6 Å². The van der Waals surface area contributed by atoms with Crippen molar-refractivity contribution in [1.29, 1.82) is 0 Å². The van der Waals surface area contributed by atoms with E-state index >= 15 is 0 Å². The number of furan rings is 1. The van der Waals surface area contributed by atoms with Crippen LogP contribution in [0.15, 0.2) is 64.6 Å². The maximum atomic E-state index is 13.2. The number of benzene rings is 2. The molecule has 0 bridgehead atoms. The van der Waals surface area contributed by atoms with Gasteiger partial charge in [0.05, 0.1) is 29.4 Å². The first kappa shape index (κ1) is 22.9. The predicted octanol–water partition coefficient (Wildman–Crippen LogP) is 4.26. The van der Waals surface area contributed by atoms with Gasteiger partial charge in [0, 0.05) is 6.07 Å². The van der Waals surface area contributed by atoms with Crippen molar-refractivity contribution in [2.75, 3.05) is 12.0 Å². The molecule has 0 aliphatic carbocycles. The molecule has 172 valence electrons. The first-order valence-electron chi connectivity index (χ1n) is 10.3. The zero-order chi connectivity index (χ0) is 24.4. The summed E-state index contributed by atoms with van der Waals surface area (Å²) in [6.07, 6.45) is 2.18. The van der Waals surface area contributed by atoms with Crippen LogP contribution in [0.25, 0.3) is 17.4 Å². The topological polar surface area (TPSA) is 115 Å². The lowest BCUT2D eigenvalue weighted by atomic mass is 10.1. The number of aryl methyl sites for hydroxylation is 1. The van der Waals surface area contributed by atoms with E-state index in [1.54, 1.807) is 24.3 Å². The Morgan fingerprint density at radius 3 is 2.53 bits per heavy atom. The van der Waals surface area contributed by atoms with Crippen LogP contribution in [0.4, 0.5) is 11.4 Å². The number of nitro benzene ring substituents is 1. The van der Waals surface area contributed by atoms with Gasteiger partial charge in [-0.1, -0.05) is 19.1 Å². The molecule has 34 heavy (non-hydrogen) atoms. The fourth-order valence-electron chi connectivity index (χ4n) is 3.49. The summed E-state index contributed by atoms with van der Waals surface area (Å²) in [6, 6.07) is 14.6. The summed E-state index contributed by atoms with van der Waals surface area (Å²) in [6.45, 7) is 2.02. The van der Waals surface area contributed by atoms with Crippen molar-refractivity contribution in [2.45, 2.75) is 13.3 Å². The molecule has 0 unspecified atom stereocenters. The first-order chi connectivity index (χ1) is 16.3. The Bertz CT molecular complexity index is 1340. The molecule has 1 aromatic heterocycles. The maximum absolute atomic E-state index is 13.2. The summed E-state index contributed by atoms with van der Waals surface area (Å²) in [4.78, 5) is 37.5. The van der Waals surface area contributed by atoms with Gasteiger partial charge in [-0.05, 0) is 60.6 Å². The van der Waals surface area contributed by atoms with E-state index in [0.717, 1.165) is 12.0 Å². The molecule has 0 saturated carbocycles. The fraction of sp³-hybridized carbons (Fsp3) is 0.125. The molecule has 9 nitrogen and oxygen atoms in total. The van der Waals surface area contributed by atoms with E-state index < -0.39 is 16.7 Å². The van der Waals surface area contributed by atoms with Crippen LogP contribution in [0.3, 0.4) is 0 Å². The lowest BCUT2D eigenvalue weighted by Gasteiger charge is -2.28. The Morgan fingerprint density at radius 1 is 1.15 bits per heavy atom. The van der Waals surface area contributed by atoms with Crippen LogP contribution in [0.5, 0.6) is 5.75 Å². The molecule has 2 aromatic carbocycles. The highest BCUT2D eigenvalue weighted by molar-refractivity contribution is 7.80. The fourth-order valence-corrected chi connectivity index (χ4v) is 3.77. The third-order valence-corrected chi connectivity index (χ3v) is 5.56. The first-order valence-corrected chi connectivity index (χ1v) is 10.7. The van der Waals surface area contributed by atoms with Crippen molar-refractivity contribution in [2.24, 2.45) is 0 Å². The number of methoxy groups -OCH3 is 1. The minimum atomic E-state index is -0.637. The molecule has 0 atom stereocenters. The number of carbonyl (C=O) groups excluding carboxylic acids is 2. The van der Waals surface area contributed by atoms with E-state index in [1.165, 1.54) is 36.3 Å². The van der Waals surface area contributed by atoms with Crippen molar-refractivity contribution in [3.63, 3.8) is 0 Å². The molecule has 2 amide bonds. The molecule has 4 rings (SSSR count). The van der Waals surface area contributed by atoms with Crippen LogP contribution in [0.1, 0.15) is 18.2 Å². The number of hydrogen-bond acceptors (Lipinski definition) is 7. The summed E-state index contributed by atoms with van der Waals surface area (Å²) in [5.74, 6) is -0.375. The SMILES string of the molecule is CCc1ccc(N2C(=O)/C(=C/c3ccc(-c4ccc([N+](=O)[O-])cc4OC)o3)C(=O)NC2=S)cc1. The maximum Gasteiger partial charge on any atom is 0.273 e. The van der Waals surface area contributed by atoms with Gasteiger partial charge in [-0.25, -0.2) is 0 Å². The van der Waals surface area contributed by atoms with E-state index in [2.05, 4.69) is 5.32 Å². The van der Waals surface area contributed by atoms with Gasteiger partial charge in [0.2, 0.25) is 0 Å². The van der Waals surface area contributed by atoms with Crippen molar-refractivity contribution in [3.8, 4) is 17.1 Å². The monoisotopic (exact) mass is 477 g/mol. The molecule has 1 saturated heterocycles. The van der Waals surface area contributed by atoms with Crippen LogP contribution in [-0.4, -0.2) is 29.0 Å². The minimum absolute atomic E-state index is 0.00727. The van der Waals surface area contributed by atoms with Crippen molar-refractivity contribution in [1.82, 2.24) is 5.32 Å². The van der Waals surface area contributed by atoms with Gasteiger partial charge < -0.3 is 9.15 Å². The highest BCUT2D eigenvalue weighted by Crippen LogP contribution is 2.35. The summed E-state index contributed by atoms with van der Waals surface area (Å²) < 4.78 is 11.1. The Hall–Kier alpha value is -4.31. The number of carbonyl (C=O) groups is 2. The molecule has 10 heteroatoms. The second kappa shape index (κ2) is 9.28. The number of thiocarbonyl (C=S) groups is 1. The van der Waals surface area contributed by atoms with E-state index in [9.17, 15) is 19.7 Å². The summed E-state index contributed by atoms with van der Waals surface area (Å²) in [5, 5.41) is 13.6. The molecule has 0 spiro atoms. The van der Waals surface area contributed by atoms with E-state index in [0.29, 0.717) is 17.0 Å². The number of amides is 2. The van der Waals surface area contributed by atoms with Crippen LogP contribution < -0.4 is 15.0 Å². The summed E-state index contributed by atoms with van der Waals surface area (Å²) >= 11 is 5.23. The van der Waals surface area contributed by atoms with Crippen LogP contribution in [-0.2, 0) is 16.0 Å². The largest absolute Gasteiger partial charge is 0.496 e. The van der Waals surface area contributed by atoms with E-state index in [-0.39, 0.29) is 27.9 Å². The average Bonchev–Trinajstić information content (AvgIpc) is 3.30. The normalized spacial score (nSPS) is 14.9. The smallest absolute Gasteiger partial charge is 0.273 e. The lowest BCUT2D eigenvalue weighted by molar-refractivity contribution is -0.384. The van der Waals surface area contributed by atoms with Gasteiger partial charge in [0.25, 0.3) is 17.5 Å². The van der Waals surface area contributed by atoms with Crippen LogP contribution in [0, 0.1) is 10.1 Å². The number of nitro groups is 1. The predicted molar refractivity (Wildman–Crippen MR) is 129 cm³/mol. The second-order valence-corrected chi connectivity index (χ2v) is 7.71. The molecular formula is C24H19N3O6S. The summed E-state index contributed by atoms with van der Waals surface area (Å²) in [5.41, 5.74) is 1.85. The lowest BCUT2D eigenvalue weighted by Crippen LogP contribution is -2.54. The molecule has 1 aliphatic rings. The number of nitrogens with zero attached hydrogens (tertiary/aromatic N) is 2. The standard InChI is InChI=1S/C24H19N3O6S/c1-3-14-4-6-15(7-5-14)26-23(29)19(22(28)25-24(26)34)13-17-9-11-20(33-17)18-10-8-16(27(30)31)12-21(18)32-2/h4-13H,3H2,1-2H3,(H,25,28,34)/b19-13+. The van der Waals surface area contributed by atoms with Gasteiger partial charge in [-0.3, -0.25) is 29.9 Å². The van der Waals surface area contributed by atoms with E-state index in [4.69, 9.17) is 21.4 Å². The third kappa shape index (κ3) is 4.30.